The van der Waals surface area contributed by atoms with Crippen molar-refractivity contribution in [2.24, 2.45) is 23.5 Å². The van der Waals surface area contributed by atoms with Crippen LogP contribution in [-0.2, 0) is 0 Å². The van der Waals surface area contributed by atoms with Gasteiger partial charge < -0.3 is 10.5 Å². The van der Waals surface area contributed by atoms with E-state index in [1.165, 1.54) is 25.7 Å². The normalized spacial score (nSPS) is 29.4. The summed E-state index contributed by atoms with van der Waals surface area (Å²) in [6.45, 7) is 0.849. The third-order valence-corrected chi connectivity index (χ3v) is 4.70. The van der Waals surface area contributed by atoms with Crippen molar-refractivity contribution in [1.82, 2.24) is 0 Å². The highest BCUT2D eigenvalue weighted by Crippen LogP contribution is 2.48. The number of benzene rings is 1. The fraction of sp³-hybridized carbons (Fsp3) is 0.533. The maximum absolute atomic E-state index is 5.92. The Labute approximate surface area is 114 Å². The van der Waals surface area contributed by atoms with Crippen LogP contribution in [0.15, 0.2) is 24.3 Å². The SMILES string of the molecule is NC(=S)c1cccc(OCC2CC3CCC2C3)c1. The van der Waals surface area contributed by atoms with Crippen molar-refractivity contribution in [3.05, 3.63) is 29.8 Å². The molecular weight excluding hydrogens is 242 g/mol. The number of nitrogens with two attached hydrogens (primary N) is 1. The molecule has 0 radical (unpaired) electrons. The molecule has 1 aromatic carbocycles. The molecule has 2 aliphatic carbocycles. The van der Waals surface area contributed by atoms with Crippen LogP contribution in [0.5, 0.6) is 5.75 Å². The molecule has 0 aromatic heterocycles. The first-order valence-corrected chi connectivity index (χ1v) is 7.16. The molecule has 3 atom stereocenters. The van der Waals surface area contributed by atoms with E-state index in [-0.39, 0.29) is 0 Å². The minimum absolute atomic E-state index is 0.431. The van der Waals surface area contributed by atoms with Crippen LogP contribution < -0.4 is 10.5 Å². The van der Waals surface area contributed by atoms with E-state index >= 15 is 0 Å². The lowest BCUT2D eigenvalue weighted by Gasteiger charge is -2.21. The smallest absolute Gasteiger partial charge is 0.120 e. The van der Waals surface area contributed by atoms with Gasteiger partial charge in [-0.05, 0) is 49.1 Å². The zero-order chi connectivity index (χ0) is 12.5. The van der Waals surface area contributed by atoms with Gasteiger partial charge in [-0.3, -0.25) is 0 Å². The second-order valence-corrected chi connectivity index (χ2v) is 6.08. The van der Waals surface area contributed by atoms with Gasteiger partial charge in [0, 0.05) is 5.56 Å². The highest BCUT2D eigenvalue weighted by atomic mass is 32.1. The van der Waals surface area contributed by atoms with E-state index in [1.807, 2.05) is 24.3 Å². The maximum Gasteiger partial charge on any atom is 0.120 e. The summed E-state index contributed by atoms with van der Waals surface area (Å²) in [5.74, 6) is 3.54. The van der Waals surface area contributed by atoms with Gasteiger partial charge >= 0.3 is 0 Å². The summed E-state index contributed by atoms with van der Waals surface area (Å²) in [6, 6.07) is 7.79. The van der Waals surface area contributed by atoms with Crippen LogP contribution in [0.2, 0.25) is 0 Å². The molecule has 0 aliphatic heterocycles. The first-order chi connectivity index (χ1) is 8.72. The molecule has 2 aliphatic rings. The van der Waals surface area contributed by atoms with Gasteiger partial charge in [0.05, 0.1) is 6.61 Å². The molecule has 2 fully saturated rings. The molecule has 3 unspecified atom stereocenters. The first-order valence-electron chi connectivity index (χ1n) is 6.75. The average Bonchev–Trinajstić information content (AvgIpc) is 2.99. The predicted molar refractivity (Wildman–Crippen MR) is 76.8 cm³/mol. The van der Waals surface area contributed by atoms with Gasteiger partial charge in [0.15, 0.2) is 0 Å². The third kappa shape index (κ3) is 2.37. The summed E-state index contributed by atoms with van der Waals surface area (Å²) in [4.78, 5) is 0.431. The molecule has 0 saturated heterocycles. The van der Waals surface area contributed by atoms with Crippen molar-refractivity contribution in [3.63, 3.8) is 0 Å². The van der Waals surface area contributed by atoms with Crippen LogP contribution in [0.4, 0.5) is 0 Å². The van der Waals surface area contributed by atoms with Crippen LogP contribution in [0.3, 0.4) is 0 Å². The number of fused-ring (bicyclic) bond motifs is 2. The maximum atomic E-state index is 5.92. The van der Waals surface area contributed by atoms with Crippen molar-refractivity contribution < 1.29 is 4.74 Å². The Hall–Kier alpha value is -1.09. The standard InChI is InChI=1S/C15H19NOS/c16-15(18)12-2-1-3-14(8-12)17-9-13-7-10-4-5-11(13)6-10/h1-3,8,10-11,13H,4-7,9H2,(H2,16,18). The Morgan fingerprint density at radius 3 is 2.89 bits per heavy atom. The Morgan fingerprint density at radius 1 is 1.33 bits per heavy atom. The molecule has 0 heterocycles. The Kier molecular flexibility index (Phi) is 3.25. The van der Waals surface area contributed by atoms with E-state index < -0.39 is 0 Å². The van der Waals surface area contributed by atoms with Crippen molar-refractivity contribution >= 4 is 17.2 Å². The molecule has 1 aromatic rings. The van der Waals surface area contributed by atoms with Gasteiger partial charge in [0.1, 0.15) is 10.7 Å². The summed E-state index contributed by atoms with van der Waals surface area (Å²) >= 11 is 4.98. The minimum atomic E-state index is 0.431. The molecular formula is C15H19NOS. The van der Waals surface area contributed by atoms with E-state index in [0.717, 1.165) is 35.7 Å². The molecule has 3 rings (SSSR count). The zero-order valence-electron chi connectivity index (χ0n) is 10.5. The van der Waals surface area contributed by atoms with Gasteiger partial charge in [-0.1, -0.05) is 30.8 Å². The molecule has 18 heavy (non-hydrogen) atoms. The van der Waals surface area contributed by atoms with Gasteiger partial charge in [-0.15, -0.1) is 0 Å². The quantitative estimate of drug-likeness (QED) is 0.846. The van der Waals surface area contributed by atoms with E-state index in [0.29, 0.717) is 4.99 Å². The predicted octanol–water partition coefficient (Wildman–Crippen LogP) is 3.14. The zero-order valence-corrected chi connectivity index (χ0v) is 11.3. The molecule has 0 spiro atoms. The second-order valence-electron chi connectivity index (χ2n) is 5.64. The van der Waals surface area contributed by atoms with Crippen LogP contribution in [0.25, 0.3) is 0 Å². The van der Waals surface area contributed by atoms with E-state index in [9.17, 15) is 0 Å². The van der Waals surface area contributed by atoms with Crippen molar-refractivity contribution in [2.75, 3.05) is 6.61 Å². The summed E-state index contributed by atoms with van der Waals surface area (Å²) in [6.07, 6.45) is 5.64. The number of hydrogen-bond donors (Lipinski definition) is 1. The Balaban J connectivity index is 1.60. The molecule has 96 valence electrons. The highest BCUT2D eigenvalue weighted by Gasteiger charge is 2.39. The molecule has 0 amide bonds. The molecule has 2 nitrogen and oxygen atoms in total. The average molecular weight is 261 g/mol. The van der Waals surface area contributed by atoms with Gasteiger partial charge in [-0.2, -0.15) is 0 Å². The van der Waals surface area contributed by atoms with Crippen molar-refractivity contribution in [3.8, 4) is 5.75 Å². The fourth-order valence-corrected chi connectivity index (χ4v) is 3.65. The van der Waals surface area contributed by atoms with Crippen LogP contribution in [0.1, 0.15) is 31.2 Å². The molecule has 2 bridgehead atoms. The number of rotatable bonds is 4. The molecule has 2 N–H and O–H groups in total. The lowest BCUT2D eigenvalue weighted by molar-refractivity contribution is 0.195. The number of hydrogen-bond acceptors (Lipinski definition) is 2. The first kappa shape index (κ1) is 12.0. The second kappa shape index (κ2) is 4.88. The summed E-state index contributed by atoms with van der Waals surface area (Å²) < 4.78 is 5.92. The number of ether oxygens (including phenoxy) is 1. The van der Waals surface area contributed by atoms with Gasteiger partial charge in [-0.25, -0.2) is 0 Å². The van der Waals surface area contributed by atoms with Gasteiger partial charge in [0.2, 0.25) is 0 Å². The largest absolute Gasteiger partial charge is 0.493 e. The summed E-state index contributed by atoms with van der Waals surface area (Å²) in [5, 5.41) is 0. The van der Waals surface area contributed by atoms with E-state index in [4.69, 9.17) is 22.7 Å². The van der Waals surface area contributed by atoms with Crippen molar-refractivity contribution in [2.45, 2.75) is 25.7 Å². The monoisotopic (exact) mass is 261 g/mol. The lowest BCUT2D eigenvalue weighted by atomic mass is 9.89. The topological polar surface area (TPSA) is 35.2 Å². The van der Waals surface area contributed by atoms with E-state index in [2.05, 4.69) is 0 Å². The van der Waals surface area contributed by atoms with Crippen LogP contribution in [-0.4, -0.2) is 11.6 Å². The van der Waals surface area contributed by atoms with Gasteiger partial charge in [0.25, 0.3) is 0 Å². The third-order valence-electron chi connectivity index (χ3n) is 4.47. The lowest BCUT2D eigenvalue weighted by Crippen LogP contribution is -2.18. The highest BCUT2D eigenvalue weighted by molar-refractivity contribution is 7.80. The Bertz CT molecular complexity index is 460. The fourth-order valence-electron chi connectivity index (χ4n) is 3.52. The summed E-state index contributed by atoms with van der Waals surface area (Å²) in [5.41, 5.74) is 6.51. The van der Waals surface area contributed by atoms with Crippen molar-refractivity contribution in [1.29, 1.82) is 0 Å². The van der Waals surface area contributed by atoms with Crippen LogP contribution in [0, 0.1) is 17.8 Å². The van der Waals surface area contributed by atoms with E-state index in [1.54, 1.807) is 0 Å². The minimum Gasteiger partial charge on any atom is -0.493 e. The Morgan fingerprint density at radius 2 is 2.22 bits per heavy atom. The molecule has 2 saturated carbocycles. The van der Waals surface area contributed by atoms with Crippen LogP contribution >= 0.6 is 12.2 Å². The molecule has 3 heteroatoms. The number of thiocarbonyl (C=S) groups is 1. The summed E-state index contributed by atoms with van der Waals surface area (Å²) in [7, 11) is 0.